The number of benzene rings is 1. The smallest absolute Gasteiger partial charge is 0.230 e. The number of carbonyl (C=O) groups excluding carboxylic acids is 1. The molecule has 0 saturated carbocycles. The first-order valence-corrected chi connectivity index (χ1v) is 9.67. The average Bonchev–Trinajstić information content (AvgIpc) is 3.23. The third-order valence-electron chi connectivity index (χ3n) is 3.55. The lowest BCUT2D eigenvalue weighted by Crippen LogP contribution is -2.32. The first-order valence-electron chi connectivity index (χ1n) is 7.87. The number of aryl methyl sites for hydroxylation is 1. The molecule has 128 valence electrons. The van der Waals surface area contributed by atoms with Crippen LogP contribution in [0.4, 0.5) is 10.8 Å². The predicted molar refractivity (Wildman–Crippen MR) is 97.1 cm³/mol. The van der Waals surface area contributed by atoms with Gasteiger partial charge in [-0.1, -0.05) is 35.2 Å². The van der Waals surface area contributed by atoms with E-state index in [0.717, 1.165) is 34.6 Å². The molecule has 1 amide bonds. The molecule has 3 rings (SSSR count). The van der Waals surface area contributed by atoms with Gasteiger partial charge in [0, 0.05) is 18.8 Å². The summed E-state index contributed by atoms with van der Waals surface area (Å²) in [6.07, 6.45) is 2.28. The van der Waals surface area contributed by atoms with Gasteiger partial charge in [-0.15, -0.1) is 10.2 Å². The molecule has 2 heterocycles. The van der Waals surface area contributed by atoms with Gasteiger partial charge < -0.3 is 15.4 Å². The highest BCUT2D eigenvalue weighted by Crippen LogP contribution is 2.27. The lowest BCUT2D eigenvalue weighted by atomic mass is 10.2. The summed E-state index contributed by atoms with van der Waals surface area (Å²) in [5, 5.41) is 15.1. The normalized spacial score (nSPS) is 17.0. The topological polar surface area (TPSA) is 76.1 Å². The van der Waals surface area contributed by atoms with Crippen molar-refractivity contribution >= 4 is 39.8 Å². The van der Waals surface area contributed by atoms with Crippen LogP contribution in [0.3, 0.4) is 0 Å². The summed E-state index contributed by atoms with van der Waals surface area (Å²) in [6.45, 7) is 3.44. The zero-order valence-electron chi connectivity index (χ0n) is 13.4. The molecule has 8 heteroatoms. The summed E-state index contributed by atoms with van der Waals surface area (Å²) in [5.41, 5.74) is 2.17. The van der Waals surface area contributed by atoms with Crippen LogP contribution < -0.4 is 10.6 Å². The van der Waals surface area contributed by atoms with Gasteiger partial charge in [0.05, 0.1) is 11.9 Å². The number of hydrogen-bond acceptors (Lipinski definition) is 7. The number of amides is 1. The van der Waals surface area contributed by atoms with Gasteiger partial charge in [-0.2, -0.15) is 0 Å². The Hall–Kier alpha value is -1.64. The number of aromatic nitrogens is 2. The lowest BCUT2D eigenvalue weighted by molar-refractivity contribution is -0.119. The van der Waals surface area contributed by atoms with E-state index in [4.69, 9.17) is 4.74 Å². The van der Waals surface area contributed by atoms with Gasteiger partial charge in [0.2, 0.25) is 11.0 Å². The Morgan fingerprint density at radius 2 is 2.38 bits per heavy atom. The molecule has 1 atom stereocenters. The summed E-state index contributed by atoms with van der Waals surface area (Å²) >= 11 is 2.84. The molecule has 2 aromatic rings. The van der Waals surface area contributed by atoms with Crippen LogP contribution in [-0.2, 0) is 9.53 Å². The monoisotopic (exact) mass is 364 g/mol. The lowest BCUT2D eigenvalue weighted by Gasteiger charge is -2.09. The molecule has 1 aromatic carbocycles. The molecule has 0 unspecified atom stereocenters. The van der Waals surface area contributed by atoms with Crippen molar-refractivity contribution in [3.63, 3.8) is 0 Å². The molecule has 2 N–H and O–H groups in total. The third kappa shape index (κ3) is 5.19. The zero-order valence-corrected chi connectivity index (χ0v) is 15.1. The Morgan fingerprint density at radius 1 is 1.46 bits per heavy atom. The van der Waals surface area contributed by atoms with Crippen LogP contribution in [0.15, 0.2) is 28.6 Å². The van der Waals surface area contributed by atoms with Crippen LogP contribution in [0.1, 0.15) is 18.4 Å². The van der Waals surface area contributed by atoms with Crippen molar-refractivity contribution < 1.29 is 9.53 Å². The molecular formula is C16H20N4O2S2. The maximum Gasteiger partial charge on any atom is 0.230 e. The highest BCUT2D eigenvalue weighted by atomic mass is 32.2. The summed E-state index contributed by atoms with van der Waals surface area (Å²) in [7, 11) is 0. The SMILES string of the molecule is Cc1cccc(Nc2nnc(SCC(=O)NC[C@H]3CCCO3)s2)c1. The van der Waals surface area contributed by atoms with Gasteiger partial charge in [0.15, 0.2) is 4.34 Å². The first-order chi connectivity index (χ1) is 11.7. The van der Waals surface area contributed by atoms with Crippen LogP contribution in [-0.4, -0.2) is 41.1 Å². The molecule has 0 radical (unpaired) electrons. The van der Waals surface area contributed by atoms with E-state index in [2.05, 4.69) is 20.8 Å². The number of ether oxygens (including phenoxy) is 1. The molecule has 1 fully saturated rings. The Bertz CT molecular complexity index is 686. The molecule has 1 aliphatic heterocycles. The third-order valence-corrected chi connectivity index (χ3v) is 5.53. The summed E-state index contributed by atoms with van der Waals surface area (Å²) in [5.74, 6) is 0.338. The Labute approximate surface area is 149 Å². The van der Waals surface area contributed by atoms with Crippen LogP contribution in [0, 0.1) is 6.92 Å². The highest BCUT2D eigenvalue weighted by Gasteiger charge is 2.16. The quantitative estimate of drug-likeness (QED) is 0.736. The van der Waals surface area contributed by atoms with E-state index in [0.29, 0.717) is 12.3 Å². The van der Waals surface area contributed by atoms with Gasteiger partial charge in [-0.3, -0.25) is 4.79 Å². The Balaban J connectivity index is 1.43. The number of anilines is 2. The molecule has 0 spiro atoms. The van der Waals surface area contributed by atoms with Gasteiger partial charge in [0.1, 0.15) is 0 Å². The molecule has 1 saturated heterocycles. The predicted octanol–water partition coefficient (Wildman–Crippen LogP) is 2.98. The maximum absolute atomic E-state index is 11.9. The van der Waals surface area contributed by atoms with Gasteiger partial charge in [-0.05, 0) is 37.5 Å². The minimum Gasteiger partial charge on any atom is -0.376 e. The fourth-order valence-electron chi connectivity index (χ4n) is 2.38. The maximum atomic E-state index is 11.9. The van der Waals surface area contributed by atoms with Crippen LogP contribution in [0.5, 0.6) is 0 Å². The highest BCUT2D eigenvalue weighted by molar-refractivity contribution is 8.01. The molecule has 24 heavy (non-hydrogen) atoms. The standard InChI is InChI=1S/C16H20N4O2S2/c1-11-4-2-5-12(8-11)18-15-19-20-16(24-15)23-10-14(21)17-9-13-6-3-7-22-13/h2,4-5,8,13H,3,6-7,9-10H2,1H3,(H,17,21)(H,18,19)/t13-/m1/s1. The van der Waals surface area contributed by atoms with Crippen molar-refractivity contribution in [2.75, 3.05) is 24.2 Å². The van der Waals surface area contributed by atoms with Crippen LogP contribution in [0.2, 0.25) is 0 Å². The van der Waals surface area contributed by atoms with Crippen LogP contribution >= 0.6 is 23.1 Å². The fourth-order valence-corrected chi connectivity index (χ4v) is 3.98. The molecule has 6 nitrogen and oxygen atoms in total. The Morgan fingerprint density at radius 3 is 3.17 bits per heavy atom. The Kier molecular flexibility index (Phi) is 6.06. The number of thioether (sulfide) groups is 1. The number of carbonyl (C=O) groups is 1. The van der Waals surface area contributed by atoms with Gasteiger partial charge >= 0.3 is 0 Å². The number of rotatable bonds is 7. The van der Waals surface area contributed by atoms with E-state index in [1.165, 1.54) is 28.7 Å². The average molecular weight is 364 g/mol. The van der Waals surface area contributed by atoms with Crippen molar-refractivity contribution in [1.82, 2.24) is 15.5 Å². The molecular weight excluding hydrogens is 344 g/mol. The molecule has 0 aliphatic carbocycles. The van der Waals surface area contributed by atoms with E-state index in [9.17, 15) is 4.79 Å². The molecule has 0 bridgehead atoms. The fraction of sp³-hybridized carbons (Fsp3) is 0.438. The van der Waals surface area contributed by atoms with Gasteiger partial charge in [-0.25, -0.2) is 0 Å². The van der Waals surface area contributed by atoms with E-state index in [-0.39, 0.29) is 12.0 Å². The van der Waals surface area contributed by atoms with E-state index < -0.39 is 0 Å². The summed E-state index contributed by atoms with van der Waals surface area (Å²) in [4.78, 5) is 11.9. The second-order valence-corrected chi connectivity index (χ2v) is 7.80. The minimum atomic E-state index is -0.00102. The second kappa shape index (κ2) is 8.46. The first kappa shape index (κ1) is 17.2. The number of nitrogens with one attached hydrogen (secondary N) is 2. The van der Waals surface area contributed by atoms with E-state index in [1.54, 1.807) is 0 Å². The van der Waals surface area contributed by atoms with Crippen molar-refractivity contribution in [1.29, 1.82) is 0 Å². The molecule has 1 aromatic heterocycles. The van der Waals surface area contributed by atoms with E-state index in [1.807, 2.05) is 31.2 Å². The largest absolute Gasteiger partial charge is 0.376 e. The van der Waals surface area contributed by atoms with Crippen molar-refractivity contribution in [3.05, 3.63) is 29.8 Å². The number of hydrogen-bond donors (Lipinski definition) is 2. The van der Waals surface area contributed by atoms with Crippen molar-refractivity contribution in [2.45, 2.75) is 30.2 Å². The van der Waals surface area contributed by atoms with Crippen LogP contribution in [0.25, 0.3) is 0 Å². The summed E-state index contributed by atoms with van der Waals surface area (Å²) in [6, 6.07) is 8.07. The minimum absolute atomic E-state index is 0.00102. The van der Waals surface area contributed by atoms with Gasteiger partial charge in [0.25, 0.3) is 0 Å². The number of nitrogens with zero attached hydrogens (tertiary/aromatic N) is 2. The van der Waals surface area contributed by atoms with E-state index >= 15 is 0 Å². The van der Waals surface area contributed by atoms with Crippen molar-refractivity contribution in [2.24, 2.45) is 0 Å². The zero-order chi connectivity index (χ0) is 16.8. The summed E-state index contributed by atoms with van der Waals surface area (Å²) < 4.78 is 6.26. The van der Waals surface area contributed by atoms with Crippen molar-refractivity contribution in [3.8, 4) is 0 Å². The second-order valence-electron chi connectivity index (χ2n) is 5.60. The molecule has 1 aliphatic rings.